The van der Waals surface area contributed by atoms with Gasteiger partial charge >= 0.3 is 0 Å². The number of rotatable bonds is 0. The van der Waals surface area contributed by atoms with Gasteiger partial charge in [0.05, 0.1) is 0 Å². The summed E-state index contributed by atoms with van der Waals surface area (Å²) in [5.41, 5.74) is 0. The fraction of sp³-hybridized carbons (Fsp3) is 1.00. The molecule has 14 heavy (non-hydrogen) atoms. The van der Waals surface area contributed by atoms with Crippen molar-refractivity contribution in [3.63, 3.8) is 0 Å². The van der Waals surface area contributed by atoms with E-state index in [2.05, 4.69) is 19.6 Å². The van der Waals surface area contributed by atoms with Crippen LogP contribution in [0.2, 0.25) is 0 Å². The fourth-order valence-corrected chi connectivity index (χ4v) is 3.41. The molecule has 0 heterocycles. The van der Waals surface area contributed by atoms with E-state index in [1.165, 1.54) is 57.8 Å². The first-order valence-corrected chi connectivity index (χ1v) is 6.97. The lowest BCUT2D eigenvalue weighted by molar-refractivity contribution is 0.499. The first kappa shape index (κ1) is 12.8. The van der Waals surface area contributed by atoms with E-state index in [1.807, 2.05) is 0 Å². The molecule has 0 aliphatic heterocycles. The Balaban J connectivity index is 2.40. The normalized spacial score (nSPS) is 37.5. The van der Waals surface area contributed by atoms with Gasteiger partial charge in [-0.3, -0.25) is 0 Å². The van der Waals surface area contributed by atoms with Crippen LogP contribution in [0.3, 0.4) is 0 Å². The first-order valence-electron chi connectivity index (χ1n) is 6.01. The van der Waals surface area contributed by atoms with Crippen LogP contribution < -0.4 is 0 Å². The van der Waals surface area contributed by atoms with Gasteiger partial charge in [-0.15, -0.1) is 0 Å². The number of hydrogen-bond donors (Lipinski definition) is 2. The average Bonchev–Trinajstić information content (AvgIpc) is 2.10. The zero-order valence-electron chi connectivity index (χ0n) is 9.34. The minimum Gasteiger partial charge on any atom is -0.176 e. The fourth-order valence-electron chi connectivity index (χ4n) is 2.30. The van der Waals surface area contributed by atoms with Crippen LogP contribution in [0.25, 0.3) is 0 Å². The molecule has 0 nitrogen and oxygen atoms in total. The zero-order valence-corrected chi connectivity index (χ0v) is 11.1. The van der Waals surface area contributed by atoms with Crippen LogP contribution in [0.15, 0.2) is 0 Å². The molecule has 0 saturated heterocycles. The summed E-state index contributed by atoms with van der Waals surface area (Å²) in [6, 6.07) is 0. The SMILES string of the molecule is CC1(S)CCCCCCCCC(S)C1. The third-order valence-electron chi connectivity index (χ3n) is 3.18. The van der Waals surface area contributed by atoms with Crippen LogP contribution >= 0.6 is 25.3 Å². The van der Waals surface area contributed by atoms with Crippen LogP contribution in [-0.4, -0.2) is 10.00 Å². The van der Waals surface area contributed by atoms with Gasteiger partial charge in [-0.2, -0.15) is 25.3 Å². The van der Waals surface area contributed by atoms with E-state index in [0.717, 1.165) is 0 Å². The highest BCUT2D eigenvalue weighted by Gasteiger charge is 2.22. The van der Waals surface area contributed by atoms with E-state index in [-0.39, 0.29) is 4.75 Å². The van der Waals surface area contributed by atoms with Gasteiger partial charge in [0, 0.05) is 10.00 Å². The van der Waals surface area contributed by atoms with Gasteiger partial charge in [0.2, 0.25) is 0 Å². The Kier molecular flexibility index (Phi) is 5.76. The van der Waals surface area contributed by atoms with Gasteiger partial charge in [-0.25, -0.2) is 0 Å². The molecule has 0 radical (unpaired) electrons. The van der Waals surface area contributed by atoms with E-state index in [9.17, 15) is 0 Å². The lowest BCUT2D eigenvalue weighted by Crippen LogP contribution is -2.21. The van der Waals surface area contributed by atoms with Crippen molar-refractivity contribution in [1.82, 2.24) is 0 Å². The number of thiol groups is 2. The molecule has 0 aromatic carbocycles. The molecule has 0 aromatic heterocycles. The summed E-state index contributed by atoms with van der Waals surface area (Å²) in [7, 11) is 0. The second-order valence-corrected chi connectivity index (χ2v) is 6.82. The van der Waals surface area contributed by atoms with Gasteiger partial charge < -0.3 is 0 Å². The molecule has 84 valence electrons. The summed E-state index contributed by atoms with van der Waals surface area (Å²) in [6.07, 6.45) is 12.0. The van der Waals surface area contributed by atoms with Crippen molar-refractivity contribution in [2.45, 2.75) is 74.7 Å². The topological polar surface area (TPSA) is 0 Å². The Labute approximate surface area is 100 Å². The monoisotopic (exact) mass is 232 g/mol. The zero-order chi connectivity index (χ0) is 10.4. The van der Waals surface area contributed by atoms with Crippen molar-refractivity contribution in [2.24, 2.45) is 0 Å². The molecule has 1 rings (SSSR count). The predicted octanol–water partition coefficient (Wildman–Crippen LogP) is 4.50. The highest BCUT2D eigenvalue weighted by molar-refractivity contribution is 7.82. The Morgan fingerprint density at radius 1 is 1.00 bits per heavy atom. The maximum absolute atomic E-state index is 4.76. The van der Waals surface area contributed by atoms with Gasteiger partial charge in [-0.1, -0.05) is 45.4 Å². The Hall–Kier alpha value is 0.700. The minimum absolute atomic E-state index is 0.219. The smallest absolute Gasteiger partial charge is 0.0112 e. The van der Waals surface area contributed by atoms with E-state index >= 15 is 0 Å². The highest BCUT2D eigenvalue weighted by atomic mass is 32.1. The van der Waals surface area contributed by atoms with Crippen LogP contribution in [0.4, 0.5) is 0 Å². The molecular weight excluding hydrogens is 208 g/mol. The summed E-state index contributed by atoms with van der Waals surface area (Å²) in [5.74, 6) is 0. The summed E-state index contributed by atoms with van der Waals surface area (Å²) >= 11 is 9.42. The summed E-state index contributed by atoms with van der Waals surface area (Å²) < 4.78 is 0.219. The van der Waals surface area contributed by atoms with Gasteiger partial charge in [0.1, 0.15) is 0 Å². The molecule has 0 amide bonds. The van der Waals surface area contributed by atoms with Crippen molar-refractivity contribution >= 4 is 25.3 Å². The molecule has 0 aromatic rings. The molecule has 1 aliphatic rings. The minimum atomic E-state index is 0.219. The number of hydrogen-bond acceptors (Lipinski definition) is 2. The third-order valence-corrected chi connectivity index (χ3v) is 4.03. The second-order valence-electron chi connectivity index (χ2n) is 5.01. The van der Waals surface area contributed by atoms with Crippen LogP contribution in [0, 0.1) is 0 Å². The molecule has 2 unspecified atom stereocenters. The average molecular weight is 232 g/mol. The Morgan fingerprint density at radius 2 is 1.57 bits per heavy atom. The van der Waals surface area contributed by atoms with Crippen molar-refractivity contribution in [2.75, 3.05) is 0 Å². The van der Waals surface area contributed by atoms with E-state index in [1.54, 1.807) is 0 Å². The molecule has 0 bridgehead atoms. The van der Waals surface area contributed by atoms with Crippen LogP contribution in [0.5, 0.6) is 0 Å². The lowest BCUT2D eigenvalue weighted by atomic mass is 9.96. The van der Waals surface area contributed by atoms with Crippen molar-refractivity contribution in [3.05, 3.63) is 0 Å². The standard InChI is InChI=1S/C12H24S2/c1-12(14)9-7-5-3-2-4-6-8-11(13)10-12/h11,13-14H,2-10H2,1H3. The molecular formula is C12H24S2. The van der Waals surface area contributed by atoms with Crippen molar-refractivity contribution in [3.8, 4) is 0 Å². The van der Waals surface area contributed by atoms with Crippen LogP contribution in [0.1, 0.15) is 64.7 Å². The first-order chi connectivity index (χ1) is 6.60. The molecule has 0 N–H and O–H groups in total. The Bertz CT molecular complexity index is 154. The molecule has 2 heteroatoms. The van der Waals surface area contributed by atoms with E-state index in [4.69, 9.17) is 12.6 Å². The lowest BCUT2D eigenvalue weighted by Gasteiger charge is -2.26. The maximum atomic E-state index is 4.76. The molecule has 0 spiro atoms. The summed E-state index contributed by atoms with van der Waals surface area (Å²) in [5, 5.41) is 0.565. The largest absolute Gasteiger partial charge is 0.176 e. The maximum Gasteiger partial charge on any atom is 0.0112 e. The Morgan fingerprint density at radius 3 is 2.29 bits per heavy atom. The van der Waals surface area contributed by atoms with Gasteiger partial charge in [0.15, 0.2) is 0 Å². The molecule has 2 atom stereocenters. The summed E-state index contributed by atoms with van der Waals surface area (Å²) in [4.78, 5) is 0. The van der Waals surface area contributed by atoms with E-state index < -0.39 is 0 Å². The van der Waals surface area contributed by atoms with Gasteiger partial charge in [0.25, 0.3) is 0 Å². The highest BCUT2D eigenvalue weighted by Crippen LogP contribution is 2.31. The molecule has 1 saturated carbocycles. The predicted molar refractivity (Wildman–Crippen MR) is 71.7 cm³/mol. The quantitative estimate of drug-likeness (QED) is 0.565. The van der Waals surface area contributed by atoms with Crippen molar-refractivity contribution in [1.29, 1.82) is 0 Å². The molecule has 1 aliphatic carbocycles. The van der Waals surface area contributed by atoms with Gasteiger partial charge in [-0.05, 0) is 19.3 Å². The summed E-state index contributed by atoms with van der Waals surface area (Å²) in [6.45, 7) is 2.28. The third kappa shape index (κ3) is 5.55. The second kappa shape index (κ2) is 6.32. The van der Waals surface area contributed by atoms with Crippen molar-refractivity contribution < 1.29 is 0 Å². The molecule has 1 fully saturated rings. The van der Waals surface area contributed by atoms with E-state index in [0.29, 0.717) is 5.25 Å². The van der Waals surface area contributed by atoms with Crippen LogP contribution in [-0.2, 0) is 0 Å².